The Balaban J connectivity index is 1.57. The molecule has 2 saturated heterocycles. The molecule has 1 N–H and O–H groups in total. The smallest absolute Gasteiger partial charge is 0.262 e. The molecule has 184 valence electrons. The zero-order chi connectivity index (χ0) is 24.1. The molecule has 2 fully saturated rings. The van der Waals surface area contributed by atoms with E-state index in [2.05, 4.69) is 22.2 Å². The summed E-state index contributed by atoms with van der Waals surface area (Å²) in [6.45, 7) is 6.46. The summed E-state index contributed by atoms with van der Waals surface area (Å²) in [7, 11) is -1.62. The van der Waals surface area contributed by atoms with Gasteiger partial charge in [0.15, 0.2) is 6.61 Å². The Morgan fingerprint density at radius 2 is 1.74 bits per heavy atom. The van der Waals surface area contributed by atoms with E-state index in [-0.39, 0.29) is 17.4 Å². The van der Waals surface area contributed by atoms with E-state index in [4.69, 9.17) is 9.47 Å². The average molecular weight is 489 g/mol. The lowest BCUT2D eigenvalue weighted by Crippen LogP contribution is -2.45. The molecule has 1 amide bonds. The summed E-state index contributed by atoms with van der Waals surface area (Å²) in [5.74, 6) is 0.292. The number of para-hydroxylation sites is 1. The van der Waals surface area contributed by atoms with Gasteiger partial charge in [-0.2, -0.15) is 4.31 Å². The summed E-state index contributed by atoms with van der Waals surface area (Å²) >= 11 is 0. The minimum absolute atomic E-state index is 0.155. The number of morpholine rings is 1. The van der Waals surface area contributed by atoms with Crippen molar-refractivity contribution in [2.45, 2.75) is 11.8 Å². The highest BCUT2D eigenvalue weighted by Crippen LogP contribution is 2.31. The van der Waals surface area contributed by atoms with Crippen LogP contribution in [0.1, 0.15) is 5.56 Å². The highest BCUT2D eigenvalue weighted by molar-refractivity contribution is 7.89. The van der Waals surface area contributed by atoms with Crippen molar-refractivity contribution >= 4 is 27.3 Å². The van der Waals surface area contributed by atoms with Gasteiger partial charge in [-0.25, -0.2) is 8.42 Å². The van der Waals surface area contributed by atoms with Crippen LogP contribution >= 0.6 is 0 Å². The molecule has 10 heteroatoms. The molecular formula is C24H32N4O5S. The van der Waals surface area contributed by atoms with Crippen molar-refractivity contribution in [3.8, 4) is 5.75 Å². The number of nitrogens with one attached hydrogen (secondary N) is 1. The SMILES string of the molecule is Cc1ccccc1OCC(=O)Nc1cc(S(=O)(=O)N2CCOCC2)ccc1N1CCN(C)CC1. The molecule has 4 rings (SSSR count). The lowest BCUT2D eigenvalue weighted by Gasteiger charge is -2.35. The third kappa shape index (κ3) is 5.69. The number of hydrogen-bond donors (Lipinski definition) is 1. The number of carbonyl (C=O) groups excluding carboxylic acids is 1. The van der Waals surface area contributed by atoms with Crippen LogP contribution in [-0.4, -0.2) is 89.7 Å². The minimum Gasteiger partial charge on any atom is -0.483 e. The molecule has 0 radical (unpaired) electrons. The Hall–Kier alpha value is -2.66. The number of hydrogen-bond acceptors (Lipinski definition) is 7. The van der Waals surface area contributed by atoms with Gasteiger partial charge in [0, 0.05) is 39.3 Å². The Labute approximate surface area is 201 Å². The molecule has 34 heavy (non-hydrogen) atoms. The lowest BCUT2D eigenvalue weighted by molar-refractivity contribution is -0.118. The molecule has 2 aromatic rings. The minimum atomic E-state index is -3.69. The van der Waals surface area contributed by atoms with Gasteiger partial charge in [-0.1, -0.05) is 18.2 Å². The van der Waals surface area contributed by atoms with Crippen molar-refractivity contribution in [3.05, 3.63) is 48.0 Å². The number of aryl methyl sites for hydroxylation is 1. The van der Waals surface area contributed by atoms with Gasteiger partial charge in [0.2, 0.25) is 10.0 Å². The first-order valence-electron chi connectivity index (χ1n) is 11.5. The summed E-state index contributed by atoms with van der Waals surface area (Å²) in [5, 5.41) is 2.90. The van der Waals surface area contributed by atoms with Crippen LogP contribution in [-0.2, 0) is 19.6 Å². The standard InChI is InChI=1S/C24H32N4O5S/c1-19-5-3-4-6-23(19)33-18-24(29)25-21-17-20(34(30,31)28-13-15-32-16-14-28)7-8-22(21)27-11-9-26(2)10-12-27/h3-8,17H,9-16,18H2,1-2H3,(H,25,29). The largest absolute Gasteiger partial charge is 0.483 e. The Bertz CT molecular complexity index is 1110. The van der Waals surface area contributed by atoms with E-state index in [1.165, 1.54) is 4.31 Å². The zero-order valence-electron chi connectivity index (χ0n) is 19.7. The van der Waals surface area contributed by atoms with E-state index in [0.717, 1.165) is 37.4 Å². The Kier molecular flexibility index (Phi) is 7.72. The first kappa shape index (κ1) is 24.5. The maximum Gasteiger partial charge on any atom is 0.262 e. The second-order valence-corrected chi connectivity index (χ2v) is 10.5. The third-order valence-electron chi connectivity index (χ3n) is 6.15. The number of piperazine rings is 1. The van der Waals surface area contributed by atoms with Crippen molar-refractivity contribution < 1.29 is 22.7 Å². The number of ether oxygens (including phenoxy) is 2. The molecule has 0 saturated carbocycles. The van der Waals surface area contributed by atoms with E-state index in [9.17, 15) is 13.2 Å². The molecule has 2 heterocycles. The quantitative estimate of drug-likeness (QED) is 0.635. The predicted octanol–water partition coefficient (Wildman–Crippen LogP) is 1.79. The van der Waals surface area contributed by atoms with Crippen molar-refractivity contribution in [2.75, 3.05) is 76.4 Å². The normalized spacial score (nSPS) is 18.0. The maximum atomic E-state index is 13.2. The van der Waals surface area contributed by atoms with Crippen LogP contribution in [0, 0.1) is 6.92 Å². The summed E-state index contributed by atoms with van der Waals surface area (Å²) < 4.78 is 38.8. The molecule has 2 aliphatic heterocycles. The van der Waals surface area contributed by atoms with Crippen molar-refractivity contribution in [3.63, 3.8) is 0 Å². The number of amides is 1. The molecule has 0 spiro atoms. The van der Waals surface area contributed by atoms with Crippen LogP contribution in [0.5, 0.6) is 5.75 Å². The fourth-order valence-corrected chi connectivity index (χ4v) is 5.52. The van der Waals surface area contributed by atoms with Crippen molar-refractivity contribution in [1.82, 2.24) is 9.21 Å². The van der Waals surface area contributed by atoms with Crippen LogP contribution in [0.15, 0.2) is 47.4 Å². The lowest BCUT2D eigenvalue weighted by atomic mass is 10.2. The molecule has 0 bridgehead atoms. The number of rotatable bonds is 7. The van der Waals surface area contributed by atoms with Gasteiger partial charge in [-0.15, -0.1) is 0 Å². The van der Waals surface area contributed by atoms with Crippen LogP contribution in [0.4, 0.5) is 11.4 Å². The van der Waals surface area contributed by atoms with Crippen LogP contribution < -0.4 is 15.0 Å². The fourth-order valence-electron chi connectivity index (χ4n) is 4.08. The van der Waals surface area contributed by atoms with E-state index in [1.54, 1.807) is 18.2 Å². The highest BCUT2D eigenvalue weighted by atomic mass is 32.2. The van der Waals surface area contributed by atoms with Crippen molar-refractivity contribution in [1.29, 1.82) is 0 Å². The maximum absolute atomic E-state index is 13.2. The van der Waals surface area contributed by atoms with Gasteiger partial charge in [0.25, 0.3) is 5.91 Å². The second kappa shape index (κ2) is 10.7. The van der Waals surface area contributed by atoms with E-state index in [0.29, 0.717) is 37.7 Å². The monoisotopic (exact) mass is 488 g/mol. The van der Waals surface area contributed by atoms with Gasteiger partial charge in [-0.05, 0) is 43.8 Å². The van der Waals surface area contributed by atoms with E-state index >= 15 is 0 Å². The number of anilines is 2. The molecule has 2 aliphatic rings. The number of benzene rings is 2. The molecule has 0 aromatic heterocycles. The molecule has 2 aromatic carbocycles. The van der Waals surface area contributed by atoms with E-state index in [1.807, 2.05) is 31.2 Å². The topological polar surface area (TPSA) is 91.4 Å². The molecule has 0 unspecified atom stereocenters. The highest BCUT2D eigenvalue weighted by Gasteiger charge is 2.28. The average Bonchev–Trinajstić information content (AvgIpc) is 2.85. The number of likely N-dealkylation sites (N-methyl/N-ethyl adjacent to an activating group) is 1. The summed E-state index contributed by atoms with van der Waals surface area (Å²) in [6.07, 6.45) is 0. The Morgan fingerprint density at radius 3 is 2.44 bits per heavy atom. The van der Waals surface area contributed by atoms with E-state index < -0.39 is 10.0 Å². The number of sulfonamides is 1. The number of nitrogens with zero attached hydrogens (tertiary/aromatic N) is 3. The van der Waals surface area contributed by atoms with Gasteiger partial charge >= 0.3 is 0 Å². The fraction of sp³-hybridized carbons (Fsp3) is 0.458. The summed E-state index contributed by atoms with van der Waals surface area (Å²) in [6, 6.07) is 12.5. The van der Waals surface area contributed by atoms with Gasteiger partial charge < -0.3 is 24.6 Å². The zero-order valence-corrected chi connectivity index (χ0v) is 20.5. The first-order chi connectivity index (χ1) is 16.3. The summed E-state index contributed by atoms with van der Waals surface area (Å²) in [4.78, 5) is 17.4. The molecule has 0 aliphatic carbocycles. The van der Waals surface area contributed by atoms with Crippen LogP contribution in [0.25, 0.3) is 0 Å². The molecule has 0 atom stereocenters. The van der Waals surface area contributed by atoms with Gasteiger partial charge in [-0.3, -0.25) is 4.79 Å². The third-order valence-corrected chi connectivity index (χ3v) is 8.04. The van der Waals surface area contributed by atoms with Gasteiger partial charge in [0.05, 0.1) is 29.5 Å². The summed E-state index contributed by atoms with van der Waals surface area (Å²) in [5.41, 5.74) is 2.21. The predicted molar refractivity (Wildman–Crippen MR) is 131 cm³/mol. The second-order valence-electron chi connectivity index (χ2n) is 8.59. The van der Waals surface area contributed by atoms with Crippen molar-refractivity contribution in [2.24, 2.45) is 0 Å². The Morgan fingerprint density at radius 1 is 1.03 bits per heavy atom. The van der Waals surface area contributed by atoms with Crippen LogP contribution in [0.3, 0.4) is 0 Å². The van der Waals surface area contributed by atoms with Crippen LogP contribution in [0.2, 0.25) is 0 Å². The van der Waals surface area contributed by atoms with Gasteiger partial charge in [0.1, 0.15) is 5.75 Å². The number of carbonyl (C=O) groups is 1. The molecule has 9 nitrogen and oxygen atoms in total. The first-order valence-corrected chi connectivity index (χ1v) is 12.9. The molecular weight excluding hydrogens is 456 g/mol.